The van der Waals surface area contributed by atoms with Gasteiger partial charge in [-0.3, -0.25) is 14.3 Å². The van der Waals surface area contributed by atoms with Gasteiger partial charge in [0.1, 0.15) is 6.54 Å². The molecule has 1 aromatic rings. The molecule has 1 saturated heterocycles. The largest absolute Gasteiger partial charge is 0.339 e. The molecule has 6 heteroatoms. The zero-order valence-electron chi connectivity index (χ0n) is 13.5. The Hall–Kier alpha value is -1.69. The number of amides is 1. The van der Waals surface area contributed by atoms with Gasteiger partial charge in [-0.25, -0.2) is 0 Å². The number of carbonyl (C=O) groups excluding carboxylic acids is 2. The van der Waals surface area contributed by atoms with Crippen LogP contribution in [0.15, 0.2) is 0 Å². The normalized spacial score (nSPS) is 24.8. The Morgan fingerprint density at radius 1 is 1.27 bits per heavy atom. The van der Waals surface area contributed by atoms with Crippen LogP contribution in [-0.2, 0) is 11.3 Å². The van der Waals surface area contributed by atoms with Crippen LogP contribution in [0.4, 0.5) is 0 Å². The minimum Gasteiger partial charge on any atom is -0.339 e. The molecule has 2 heterocycles. The summed E-state index contributed by atoms with van der Waals surface area (Å²) in [5, 5.41) is 4.35. The van der Waals surface area contributed by atoms with Crippen LogP contribution in [0.2, 0.25) is 0 Å². The van der Waals surface area contributed by atoms with Crippen molar-refractivity contribution in [2.45, 2.75) is 46.2 Å². The Morgan fingerprint density at radius 2 is 1.95 bits per heavy atom. The number of hydrogen-bond acceptors (Lipinski definition) is 4. The number of aryl methyl sites for hydroxylation is 1. The summed E-state index contributed by atoms with van der Waals surface area (Å²) in [5.41, 5.74) is 8.26. The van der Waals surface area contributed by atoms with Gasteiger partial charge in [-0.1, -0.05) is 0 Å². The van der Waals surface area contributed by atoms with Crippen molar-refractivity contribution in [3.8, 4) is 0 Å². The molecule has 3 rings (SSSR count). The number of aromatic nitrogens is 2. The molecule has 1 aliphatic heterocycles. The van der Waals surface area contributed by atoms with Crippen molar-refractivity contribution in [2.75, 3.05) is 13.1 Å². The lowest BCUT2D eigenvalue weighted by atomic mass is 9.99. The van der Waals surface area contributed by atoms with Crippen molar-refractivity contribution in [3.05, 3.63) is 17.0 Å². The summed E-state index contributed by atoms with van der Waals surface area (Å²) in [6.45, 7) is 6.77. The molecule has 0 aromatic carbocycles. The molecule has 0 spiro atoms. The molecule has 2 atom stereocenters. The maximum atomic E-state index is 12.5. The third kappa shape index (κ3) is 2.67. The standard InChI is InChI=1S/C16H24N4O2/c1-9-16(11(3)21)10(2)20(18-9)8-15(22)19-6-13(12-4-5-12)14(17)7-19/h12-14H,4-8,17H2,1-3H3/t13-,14+/m0/s1. The van der Waals surface area contributed by atoms with Crippen molar-refractivity contribution in [3.63, 3.8) is 0 Å². The highest BCUT2D eigenvalue weighted by Gasteiger charge is 2.42. The second-order valence-corrected chi connectivity index (χ2v) is 6.72. The highest BCUT2D eigenvalue weighted by atomic mass is 16.2. The van der Waals surface area contributed by atoms with Gasteiger partial charge in [-0.15, -0.1) is 0 Å². The van der Waals surface area contributed by atoms with Crippen LogP contribution in [0.1, 0.15) is 41.5 Å². The minimum absolute atomic E-state index is 0.00862. The molecule has 1 amide bonds. The van der Waals surface area contributed by atoms with E-state index in [0.717, 1.165) is 12.2 Å². The smallest absolute Gasteiger partial charge is 0.244 e. The lowest BCUT2D eigenvalue weighted by Crippen LogP contribution is -2.34. The summed E-state index contributed by atoms with van der Waals surface area (Å²) in [7, 11) is 0. The maximum absolute atomic E-state index is 12.5. The Labute approximate surface area is 130 Å². The van der Waals surface area contributed by atoms with Crippen LogP contribution < -0.4 is 5.73 Å². The summed E-state index contributed by atoms with van der Waals surface area (Å²) in [5.74, 6) is 1.20. The van der Waals surface area contributed by atoms with Crippen LogP contribution in [0.25, 0.3) is 0 Å². The predicted octanol–water partition coefficient (Wildman–Crippen LogP) is 0.898. The molecule has 2 aliphatic rings. The number of rotatable bonds is 4. The molecule has 2 fully saturated rings. The van der Waals surface area contributed by atoms with E-state index in [9.17, 15) is 9.59 Å². The SMILES string of the molecule is CC(=O)c1c(C)nn(CC(=O)N2C[C@@H](N)[C@H](C3CC3)C2)c1C. The van der Waals surface area contributed by atoms with Crippen molar-refractivity contribution < 1.29 is 9.59 Å². The molecule has 1 aromatic heterocycles. The Balaban J connectivity index is 1.70. The highest BCUT2D eigenvalue weighted by molar-refractivity contribution is 5.96. The van der Waals surface area contributed by atoms with Gasteiger partial charge >= 0.3 is 0 Å². The van der Waals surface area contributed by atoms with Gasteiger partial charge in [0, 0.05) is 24.8 Å². The molecule has 1 saturated carbocycles. The van der Waals surface area contributed by atoms with E-state index in [4.69, 9.17) is 5.73 Å². The van der Waals surface area contributed by atoms with Crippen LogP contribution in [0.3, 0.4) is 0 Å². The number of Topliss-reactive ketones (excluding diaryl/α,β-unsaturated/α-hetero) is 1. The minimum atomic E-state index is -0.00862. The van der Waals surface area contributed by atoms with Gasteiger partial charge in [0.2, 0.25) is 5.91 Å². The van der Waals surface area contributed by atoms with Gasteiger partial charge in [0.25, 0.3) is 0 Å². The number of likely N-dealkylation sites (tertiary alicyclic amines) is 1. The second-order valence-electron chi connectivity index (χ2n) is 6.72. The van der Waals surface area contributed by atoms with Crippen LogP contribution in [0, 0.1) is 25.7 Å². The second kappa shape index (κ2) is 5.50. The van der Waals surface area contributed by atoms with E-state index >= 15 is 0 Å². The molecular weight excluding hydrogens is 280 g/mol. The van der Waals surface area contributed by atoms with E-state index in [1.165, 1.54) is 19.8 Å². The molecule has 2 N–H and O–H groups in total. The lowest BCUT2D eigenvalue weighted by Gasteiger charge is -2.16. The van der Waals surface area contributed by atoms with Gasteiger partial charge in [-0.05, 0) is 45.4 Å². The third-order valence-electron chi connectivity index (χ3n) is 5.01. The van der Waals surface area contributed by atoms with E-state index in [-0.39, 0.29) is 24.3 Å². The average Bonchev–Trinajstić information content (AvgIpc) is 3.13. The first kappa shape index (κ1) is 15.2. The van der Waals surface area contributed by atoms with Gasteiger partial charge in [0.15, 0.2) is 5.78 Å². The van der Waals surface area contributed by atoms with E-state index in [1.54, 1.807) is 11.6 Å². The summed E-state index contributed by atoms with van der Waals surface area (Å²) in [4.78, 5) is 26.0. The molecule has 1 aliphatic carbocycles. The number of carbonyl (C=O) groups is 2. The van der Waals surface area contributed by atoms with E-state index < -0.39 is 0 Å². The Kier molecular flexibility index (Phi) is 3.80. The zero-order chi connectivity index (χ0) is 16.0. The molecule has 0 radical (unpaired) electrons. The molecule has 0 unspecified atom stereocenters. The number of ketones is 1. The first-order chi connectivity index (χ1) is 10.4. The zero-order valence-corrected chi connectivity index (χ0v) is 13.5. The summed E-state index contributed by atoms with van der Waals surface area (Å²) in [6.07, 6.45) is 2.50. The molecule has 120 valence electrons. The van der Waals surface area contributed by atoms with Gasteiger partial charge in [0.05, 0.1) is 11.3 Å². The molecular formula is C16H24N4O2. The van der Waals surface area contributed by atoms with Crippen molar-refractivity contribution in [1.29, 1.82) is 0 Å². The van der Waals surface area contributed by atoms with Crippen LogP contribution >= 0.6 is 0 Å². The molecule has 6 nitrogen and oxygen atoms in total. The van der Waals surface area contributed by atoms with Crippen molar-refractivity contribution in [2.24, 2.45) is 17.6 Å². The van der Waals surface area contributed by atoms with Crippen LogP contribution in [-0.4, -0.2) is 45.5 Å². The lowest BCUT2D eigenvalue weighted by molar-refractivity contribution is -0.131. The number of nitrogens with two attached hydrogens (primary N) is 1. The summed E-state index contributed by atoms with van der Waals surface area (Å²) >= 11 is 0. The average molecular weight is 304 g/mol. The first-order valence-corrected chi connectivity index (χ1v) is 7.96. The predicted molar refractivity (Wildman–Crippen MR) is 82.5 cm³/mol. The third-order valence-corrected chi connectivity index (χ3v) is 5.01. The Bertz CT molecular complexity index is 618. The van der Waals surface area contributed by atoms with E-state index in [0.29, 0.717) is 29.6 Å². The number of hydrogen-bond donors (Lipinski definition) is 1. The highest BCUT2D eigenvalue weighted by Crippen LogP contribution is 2.40. The van der Waals surface area contributed by atoms with Crippen molar-refractivity contribution in [1.82, 2.24) is 14.7 Å². The van der Waals surface area contributed by atoms with Gasteiger partial charge < -0.3 is 10.6 Å². The summed E-state index contributed by atoms with van der Waals surface area (Å²) in [6, 6.07) is 0.102. The van der Waals surface area contributed by atoms with E-state index in [2.05, 4.69) is 5.10 Å². The first-order valence-electron chi connectivity index (χ1n) is 7.96. The number of nitrogens with zero attached hydrogens (tertiary/aromatic N) is 3. The Morgan fingerprint density at radius 3 is 2.50 bits per heavy atom. The fraction of sp³-hybridized carbons (Fsp3) is 0.688. The fourth-order valence-electron chi connectivity index (χ4n) is 3.67. The topological polar surface area (TPSA) is 81.2 Å². The summed E-state index contributed by atoms with van der Waals surface area (Å²) < 4.78 is 1.64. The van der Waals surface area contributed by atoms with E-state index in [1.807, 2.05) is 11.8 Å². The maximum Gasteiger partial charge on any atom is 0.244 e. The monoisotopic (exact) mass is 304 g/mol. The van der Waals surface area contributed by atoms with Crippen molar-refractivity contribution >= 4 is 11.7 Å². The molecule has 22 heavy (non-hydrogen) atoms. The van der Waals surface area contributed by atoms with Crippen LogP contribution in [0.5, 0.6) is 0 Å². The van der Waals surface area contributed by atoms with Gasteiger partial charge in [-0.2, -0.15) is 5.10 Å². The quantitative estimate of drug-likeness (QED) is 0.838. The fourth-order valence-corrected chi connectivity index (χ4v) is 3.67. The molecule has 0 bridgehead atoms.